The van der Waals surface area contributed by atoms with Crippen molar-refractivity contribution in [2.24, 2.45) is 0 Å². The Morgan fingerprint density at radius 3 is 2.40 bits per heavy atom. The molecule has 0 unspecified atom stereocenters. The van der Waals surface area contributed by atoms with Gasteiger partial charge in [0.1, 0.15) is 5.75 Å². The standard InChI is InChI=1S/C21H28N2O2/c1-5-6-7-14-25-19-11-8-17(9-12-19)21(24)22-20-13-10-18(23(3)4)15-16(20)2/h8-13,15H,5-7,14H2,1-4H3,(H,22,24). The number of benzene rings is 2. The molecular weight excluding hydrogens is 312 g/mol. The van der Waals surface area contributed by atoms with Gasteiger partial charge in [0, 0.05) is 31.0 Å². The van der Waals surface area contributed by atoms with Crippen molar-refractivity contribution >= 4 is 17.3 Å². The van der Waals surface area contributed by atoms with Crippen LogP contribution in [0.5, 0.6) is 5.75 Å². The van der Waals surface area contributed by atoms with Crippen molar-refractivity contribution in [3.8, 4) is 5.75 Å². The Kier molecular flexibility index (Phi) is 6.87. The van der Waals surface area contributed by atoms with Gasteiger partial charge in [-0.05, 0) is 61.4 Å². The first-order chi connectivity index (χ1) is 12.0. The summed E-state index contributed by atoms with van der Waals surface area (Å²) in [6.07, 6.45) is 3.41. The van der Waals surface area contributed by atoms with Crippen molar-refractivity contribution < 1.29 is 9.53 Å². The highest BCUT2D eigenvalue weighted by atomic mass is 16.5. The summed E-state index contributed by atoms with van der Waals surface area (Å²) in [5.74, 6) is 0.692. The van der Waals surface area contributed by atoms with E-state index in [1.54, 1.807) is 12.1 Å². The second-order valence-corrected chi connectivity index (χ2v) is 6.43. The molecule has 0 aliphatic heterocycles. The molecule has 1 amide bonds. The van der Waals surface area contributed by atoms with E-state index in [-0.39, 0.29) is 5.91 Å². The molecule has 134 valence electrons. The highest BCUT2D eigenvalue weighted by molar-refractivity contribution is 6.04. The van der Waals surface area contributed by atoms with Crippen molar-refractivity contribution in [1.82, 2.24) is 0 Å². The summed E-state index contributed by atoms with van der Waals surface area (Å²) in [6.45, 7) is 4.88. The van der Waals surface area contributed by atoms with Crippen LogP contribution >= 0.6 is 0 Å². The van der Waals surface area contributed by atoms with Crippen molar-refractivity contribution in [2.45, 2.75) is 33.1 Å². The van der Waals surface area contributed by atoms with Gasteiger partial charge in [-0.2, -0.15) is 0 Å². The number of aryl methyl sites for hydroxylation is 1. The van der Waals surface area contributed by atoms with Crippen LogP contribution in [0.3, 0.4) is 0 Å². The Morgan fingerprint density at radius 2 is 1.80 bits per heavy atom. The lowest BCUT2D eigenvalue weighted by molar-refractivity contribution is 0.102. The molecule has 4 heteroatoms. The molecule has 0 heterocycles. The van der Waals surface area contributed by atoms with E-state index in [4.69, 9.17) is 4.74 Å². The van der Waals surface area contributed by atoms with E-state index in [0.717, 1.165) is 35.7 Å². The van der Waals surface area contributed by atoms with E-state index in [2.05, 4.69) is 18.3 Å². The number of ether oxygens (including phenoxy) is 1. The maximum atomic E-state index is 12.4. The van der Waals surface area contributed by atoms with Crippen molar-refractivity contribution in [3.05, 3.63) is 53.6 Å². The summed E-state index contributed by atoms with van der Waals surface area (Å²) in [5.41, 5.74) is 3.60. The van der Waals surface area contributed by atoms with Gasteiger partial charge in [0.25, 0.3) is 5.91 Å². The summed E-state index contributed by atoms with van der Waals surface area (Å²) in [7, 11) is 4.00. The lowest BCUT2D eigenvalue weighted by Gasteiger charge is -2.15. The van der Waals surface area contributed by atoms with E-state index in [9.17, 15) is 4.79 Å². The number of amides is 1. The second-order valence-electron chi connectivity index (χ2n) is 6.43. The molecule has 1 N–H and O–H groups in total. The Bertz CT molecular complexity index is 694. The molecule has 0 spiro atoms. The van der Waals surface area contributed by atoms with Crippen LogP contribution in [-0.2, 0) is 0 Å². The monoisotopic (exact) mass is 340 g/mol. The van der Waals surface area contributed by atoms with Gasteiger partial charge in [0.15, 0.2) is 0 Å². The summed E-state index contributed by atoms with van der Waals surface area (Å²) in [6, 6.07) is 13.3. The molecular formula is C21H28N2O2. The van der Waals surface area contributed by atoms with Crippen molar-refractivity contribution in [2.75, 3.05) is 30.9 Å². The lowest BCUT2D eigenvalue weighted by Crippen LogP contribution is -2.14. The molecule has 0 saturated heterocycles. The zero-order valence-electron chi connectivity index (χ0n) is 15.6. The van der Waals surface area contributed by atoms with Gasteiger partial charge in [0.2, 0.25) is 0 Å². The van der Waals surface area contributed by atoms with Crippen LogP contribution in [0.4, 0.5) is 11.4 Å². The second kappa shape index (κ2) is 9.11. The Morgan fingerprint density at radius 1 is 1.08 bits per heavy atom. The molecule has 4 nitrogen and oxygen atoms in total. The van der Waals surface area contributed by atoms with Crippen LogP contribution < -0.4 is 15.0 Å². The summed E-state index contributed by atoms with van der Waals surface area (Å²) in [4.78, 5) is 14.5. The molecule has 2 aromatic carbocycles. The van der Waals surface area contributed by atoms with Gasteiger partial charge < -0.3 is 15.0 Å². The van der Waals surface area contributed by atoms with Crippen LogP contribution in [0.2, 0.25) is 0 Å². The average Bonchev–Trinajstić information content (AvgIpc) is 2.60. The minimum atomic E-state index is -0.113. The first-order valence-electron chi connectivity index (χ1n) is 8.83. The van der Waals surface area contributed by atoms with E-state index in [1.165, 1.54) is 12.8 Å². The molecule has 2 rings (SSSR count). The molecule has 0 saturated carbocycles. The fraction of sp³-hybridized carbons (Fsp3) is 0.381. The maximum Gasteiger partial charge on any atom is 0.255 e. The van der Waals surface area contributed by atoms with E-state index in [1.807, 2.05) is 50.2 Å². The maximum absolute atomic E-state index is 12.4. The Hall–Kier alpha value is -2.49. The van der Waals surface area contributed by atoms with E-state index < -0.39 is 0 Å². The predicted octanol–water partition coefficient (Wildman–Crippen LogP) is 4.88. The molecule has 2 aromatic rings. The summed E-state index contributed by atoms with van der Waals surface area (Å²) in [5, 5.41) is 2.97. The average molecular weight is 340 g/mol. The fourth-order valence-corrected chi connectivity index (χ4v) is 2.51. The highest BCUT2D eigenvalue weighted by Crippen LogP contribution is 2.22. The normalized spacial score (nSPS) is 10.4. The topological polar surface area (TPSA) is 41.6 Å². The first-order valence-corrected chi connectivity index (χ1v) is 8.83. The number of unbranched alkanes of at least 4 members (excludes halogenated alkanes) is 2. The summed E-state index contributed by atoms with van der Waals surface area (Å²) >= 11 is 0. The third kappa shape index (κ3) is 5.52. The summed E-state index contributed by atoms with van der Waals surface area (Å²) < 4.78 is 5.68. The molecule has 0 bridgehead atoms. The molecule has 0 aliphatic rings. The largest absolute Gasteiger partial charge is 0.494 e. The van der Waals surface area contributed by atoms with Gasteiger partial charge in [-0.15, -0.1) is 0 Å². The SMILES string of the molecule is CCCCCOc1ccc(C(=O)Nc2ccc(N(C)C)cc2C)cc1. The first kappa shape index (κ1) is 18.8. The third-order valence-electron chi connectivity index (χ3n) is 4.11. The smallest absolute Gasteiger partial charge is 0.255 e. The van der Waals surface area contributed by atoms with Crippen LogP contribution in [0.1, 0.15) is 42.1 Å². The van der Waals surface area contributed by atoms with Gasteiger partial charge in [0.05, 0.1) is 6.61 Å². The molecule has 0 fully saturated rings. The molecule has 0 radical (unpaired) electrons. The third-order valence-corrected chi connectivity index (χ3v) is 4.11. The quantitative estimate of drug-likeness (QED) is 0.696. The number of hydrogen-bond donors (Lipinski definition) is 1. The van der Waals surface area contributed by atoms with Crippen LogP contribution in [0.25, 0.3) is 0 Å². The predicted molar refractivity (Wildman–Crippen MR) is 105 cm³/mol. The number of carbonyl (C=O) groups excluding carboxylic acids is 1. The number of nitrogens with zero attached hydrogens (tertiary/aromatic N) is 1. The highest BCUT2D eigenvalue weighted by Gasteiger charge is 2.09. The van der Waals surface area contributed by atoms with Gasteiger partial charge >= 0.3 is 0 Å². The zero-order valence-corrected chi connectivity index (χ0v) is 15.6. The lowest BCUT2D eigenvalue weighted by atomic mass is 10.1. The fourth-order valence-electron chi connectivity index (χ4n) is 2.51. The molecule has 25 heavy (non-hydrogen) atoms. The van der Waals surface area contributed by atoms with Crippen LogP contribution in [0.15, 0.2) is 42.5 Å². The Balaban J connectivity index is 1.96. The zero-order chi connectivity index (χ0) is 18.2. The molecule has 0 atom stereocenters. The number of hydrogen-bond acceptors (Lipinski definition) is 3. The minimum absolute atomic E-state index is 0.113. The van der Waals surface area contributed by atoms with Gasteiger partial charge in [-0.25, -0.2) is 0 Å². The molecule has 0 aliphatic carbocycles. The van der Waals surface area contributed by atoms with Crippen molar-refractivity contribution in [1.29, 1.82) is 0 Å². The van der Waals surface area contributed by atoms with Crippen molar-refractivity contribution in [3.63, 3.8) is 0 Å². The molecule has 0 aromatic heterocycles. The minimum Gasteiger partial charge on any atom is -0.494 e. The van der Waals surface area contributed by atoms with E-state index in [0.29, 0.717) is 5.56 Å². The van der Waals surface area contributed by atoms with Crippen LogP contribution in [0, 0.1) is 6.92 Å². The number of rotatable bonds is 8. The number of nitrogens with one attached hydrogen (secondary N) is 1. The number of carbonyl (C=O) groups is 1. The van der Waals surface area contributed by atoms with E-state index >= 15 is 0 Å². The van der Waals surface area contributed by atoms with Gasteiger partial charge in [-0.3, -0.25) is 4.79 Å². The number of anilines is 2. The van der Waals surface area contributed by atoms with Crippen LogP contribution in [-0.4, -0.2) is 26.6 Å². The van der Waals surface area contributed by atoms with Gasteiger partial charge in [-0.1, -0.05) is 19.8 Å². The Labute approximate surface area is 150 Å².